The van der Waals surface area contributed by atoms with Crippen molar-refractivity contribution in [2.75, 3.05) is 12.3 Å². The monoisotopic (exact) mass is 307 g/mol. The Morgan fingerprint density at radius 1 is 1.05 bits per heavy atom. The summed E-state index contributed by atoms with van der Waals surface area (Å²) in [7, 11) is 0. The maximum atomic E-state index is 9.77. The lowest BCUT2D eigenvalue weighted by Gasteiger charge is -2.39. The van der Waals surface area contributed by atoms with Crippen LogP contribution in [0.3, 0.4) is 0 Å². The number of nitrogen functional groups attached to an aromatic ring is 1. The van der Waals surface area contributed by atoms with Gasteiger partial charge in [-0.2, -0.15) is 0 Å². The van der Waals surface area contributed by atoms with E-state index in [1.165, 1.54) is 0 Å². The standard InChI is InChI=1S/C12H17NO6.ClH/c13-6-1-3-7(4-2-6)18-12-11(17)10(16)9(15)8(5-14)19-12;/h1-4,8-12,14-17H,5,13H2;1H. The highest BCUT2D eigenvalue weighted by Crippen LogP contribution is 2.24. The van der Waals surface area contributed by atoms with Crippen molar-refractivity contribution in [1.82, 2.24) is 0 Å². The summed E-state index contributed by atoms with van der Waals surface area (Å²) in [5, 5.41) is 38.0. The van der Waals surface area contributed by atoms with Crippen molar-refractivity contribution in [3.63, 3.8) is 0 Å². The number of halogens is 1. The molecule has 0 aliphatic carbocycles. The Morgan fingerprint density at radius 3 is 2.20 bits per heavy atom. The largest absolute Gasteiger partial charge is 0.462 e. The first-order valence-corrected chi connectivity index (χ1v) is 5.85. The molecule has 1 aromatic rings. The van der Waals surface area contributed by atoms with Crippen molar-refractivity contribution in [3.05, 3.63) is 24.3 Å². The average molecular weight is 308 g/mol. The lowest BCUT2D eigenvalue weighted by atomic mass is 9.99. The lowest BCUT2D eigenvalue weighted by molar-refractivity contribution is -0.277. The number of aliphatic hydroxyl groups excluding tert-OH is 4. The molecule has 1 aromatic carbocycles. The number of nitrogens with two attached hydrogens (primary N) is 1. The molecule has 1 saturated heterocycles. The van der Waals surface area contributed by atoms with Gasteiger partial charge < -0.3 is 35.6 Å². The SMILES string of the molecule is Cl.Nc1ccc(OC2OC(CO)C(O)C(O)C2O)cc1. The molecule has 5 unspecified atom stereocenters. The number of hydrogen-bond acceptors (Lipinski definition) is 7. The Labute approximate surface area is 122 Å². The summed E-state index contributed by atoms with van der Waals surface area (Å²) in [6.07, 6.45) is -6.44. The number of aliphatic hydroxyl groups is 4. The van der Waals surface area contributed by atoms with E-state index in [4.69, 9.17) is 20.3 Å². The summed E-state index contributed by atoms with van der Waals surface area (Å²) in [6.45, 7) is -0.494. The average Bonchev–Trinajstić information content (AvgIpc) is 2.42. The first-order valence-electron chi connectivity index (χ1n) is 5.85. The fourth-order valence-corrected chi connectivity index (χ4v) is 1.85. The molecule has 0 radical (unpaired) electrons. The summed E-state index contributed by atoms with van der Waals surface area (Å²) in [5.74, 6) is 0.388. The summed E-state index contributed by atoms with van der Waals surface area (Å²) in [5.41, 5.74) is 6.09. The van der Waals surface area contributed by atoms with Crippen LogP contribution in [0.5, 0.6) is 5.75 Å². The van der Waals surface area contributed by atoms with Gasteiger partial charge in [-0.15, -0.1) is 12.4 Å². The Bertz CT molecular complexity index is 415. The minimum atomic E-state index is -1.45. The third kappa shape index (κ3) is 3.51. The molecule has 1 heterocycles. The molecule has 1 aliphatic rings. The molecule has 1 aliphatic heterocycles. The Balaban J connectivity index is 0.00000200. The zero-order valence-corrected chi connectivity index (χ0v) is 11.3. The maximum Gasteiger partial charge on any atom is 0.229 e. The highest BCUT2D eigenvalue weighted by molar-refractivity contribution is 5.85. The maximum absolute atomic E-state index is 9.77. The molecule has 20 heavy (non-hydrogen) atoms. The number of ether oxygens (including phenoxy) is 2. The second-order valence-electron chi connectivity index (χ2n) is 4.38. The molecular weight excluding hydrogens is 290 g/mol. The van der Waals surface area contributed by atoms with Gasteiger partial charge in [0.1, 0.15) is 30.2 Å². The van der Waals surface area contributed by atoms with Crippen LogP contribution in [0.15, 0.2) is 24.3 Å². The van der Waals surface area contributed by atoms with Gasteiger partial charge in [0.15, 0.2) is 0 Å². The fraction of sp³-hybridized carbons (Fsp3) is 0.500. The van der Waals surface area contributed by atoms with E-state index in [0.29, 0.717) is 11.4 Å². The first-order chi connectivity index (χ1) is 9.02. The van der Waals surface area contributed by atoms with E-state index in [-0.39, 0.29) is 12.4 Å². The molecule has 2 rings (SSSR count). The molecule has 0 bridgehead atoms. The summed E-state index contributed by atoms with van der Waals surface area (Å²) in [4.78, 5) is 0. The second kappa shape index (κ2) is 7.07. The fourth-order valence-electron chi connectivity index (χ4n) is 1.85. The molecule has 114 valence electrons. The first kappa shape index (κ1) is 17.0. The zero-order valence-electron chi connectivity index (χ0n) is 10.5. The minimum Gasteiger partial charge on any atom is -0.462 e. The van der Waals surface area contributed by atoms with Crippen molar-refractivity contribution in [3.8, 4) is 5.75 Å². The quantitative estimate of drug-likeness (QED) is 0.447. The van der Waals surface area contributed by atoms with E-state index in [1.807, 2.05) is 0 Å². The van der Waals surface area contributed by atoms with Crippen LogP contribution in [-0.4, -0.2) is 57.7 Å². The highest BCUT2D eigenvalue weighted by Gasteiger charge is 2.44. The van der Waals surface area contributed by atoms with Crippen LogP contribution in [0.4, 0.5) is 5.69 Å². The van der Waals surface area contributed by atoms with Gasteiger partial charge >= 0.3 is 0 Å². The van der Waals surface area contributed by atoms with E-state index in [2.05, 4.69) is 0 Å². The third-order valence-electron chi connectivity index (χ3n) is 2.98. The van der Waals surface area contributed by atoms with Gasteiger partial charge in [0, 0.05) is 5.69 Å². The van der Waals surface area contributed by atoms with Crippen LogP contribution in [0.2, 0.25) is 0 Å². The molecular formula is C12H18ClNO6. The van der Waals surface area contributed by atoms with Crippen molar-refractivity contribution in [2.24, 2.45) is 0 Å². The van der Waals surface area contributed by atoms with Gasteiger partial charge in [-0.25, -0.2) is 0 Å². The Kier molecular flexibility index (Phi) is 6.00. The number of benzene rings is 1. The molecule has 0 spiro atoms. The topological polar surface area (TPSA) is 125 Å². The molecule has 1 fully saturated rings. The summed E-state index contributed by atoms with van der Waals surface area (Å²) >= 11 is 0. The Hall–Kier alpha value is -1.09. The third-order valence-corrected chi connectivity index (χ3v) is 2.98. The number of anilines is 1. The lowest BCUT2D eigenvalue weighted by Crippen LogP contribution is -2.60. The van der Waals surface area contributed by atoms with Crippen LogP contribution in [0.1, 0.15) is 0 Å². The van der Waals surface area contributed by atoms with Crippen LogP contribution < -0.4 is 10.5 Å². The Morgan fingerprint density at radius 2 is 1.65 bits per heavy atom. The normalized spacial score (nSPS) is 33.3. The molecule has 7 nitrogen and oxygen atoms in total. The van der Waals surface area contributed by atoms with Crippen LogP contribution in [0, 0.1) is 0 Å². The molecule has 0 saturated carbocycles. The van der Waals surface area contributed by atoms with Gasteiger partial charge in [-0.1, -0.05) is 0 Å². The van der Waals surface area contributed by atoms with E-state index in [1.54, 1.807) is 24.3 Å². The van der Waals surface area contributed by atoms with Gasteiger partial charge in [0.05, 0.1) is 6.61 Å². The predicted molar refractivity (Wildman–Crippen MR) is 72.5 cm³/mol. The van der Waals surface area contributed by atoms with E-state index in [9.17, 15) is 15.3 Å². The molecule has 8 heteroatoms. The van der Waals surface area contributed by atoms with Crippen molar-refractivity contribution >= 4 is 18.1 Å². The van der Waals surface area contributed by atoms with E-state index in [0.717, 1.165) is 0 Å². The summed E-state index contributed by atoms with van der Waals surface area (Å²) < 4.78 is 10.6. The van der Waals surface area contributed by atoms with Gasteiger partial charge in [-0.05, 0) is 24.3 Å². The molecule has 0 aromatic heterocycles. The number of rotatable bonds is 3. The van der Waals surface area contributed by atoms with Crippen LogP contribution in [-0.2, 0) is 4.74 Å². The van der Waals surface area contributed by atoms with Crippen molar-refractivity contribution in [1.29, 1.82) is 0 Å². The van der Waals surface area contributed by atoms with Crippen LogP contribution in [0.25, 0.3) is 0 Å². The van der Waals surface area contributed by atoms with E-state index < -0.39 is 37.3 Å². The minimum absolute atomic E-state index is 0. The molecule has 5 atom stereocenters. The highest BCUT2D eigenvalue weighted by atomic mass is 35.5. The van der Waals surface area contributed by atoms with Gasteiger partial charge in [0.2, 0.25) is 6.29 Å². The zero-order chi connectivity index (χ0) is 14.0. The van der Waals surface area contributed by atoms with Gasteiger partial charge in [0.25, 0.3) is 0 Å². The molecule has 0 amide bonds. The molecule has 6 N–H and O–H groups in total. The van der Waals surface area contributed by atoms with Crippen molar-refractivity contribution < 1.29 is 29.9 Å². The van der Waals surface area contributed by atoms with Gasteiger partial charge in [-0.3, -0.25) is 0 Å². The van der Waals surface area contributed by atoms with Crippen molar-refractivity contribution in [2.45, 2.75) is 30.7 Å². The second-order valence-corrected chi connectivity index (χ2v) is 4.38. The van der Waals surface area contributed by atoms with Crippen LogP contribution >= 0.6 is 12.4 Å². The smallest absolute Gasteiger partial charge is 0.229 e. The van der Waals surface area contributed by atoms with E-state index >= 15 is 0 Å². The summed E-state index contributed by atoms with van der Waals surface area (Å²) in [6, 6.07) is 6.38. The number of hydrogen-bond donors (Lipinski definition) is 5. The predicted octanol–water partition coefficient (Wildman–Crippen LogP) is -1.13.